The number of anilines is 1. The van der Waals surface area contributed by atoms with Crippen molar-refractivity contribution in [1.82, 2.24) is 9.62 Å². The molecule has 0 aromatic heterocycles. The number of urea groups is 1. The van der Waals surface area contributed by atoms with Gasteiger partial charge in [0, 0.05) is 25.3 Å². The Kier molecular flexibility index (Phi) is 5.20. The van der Waals surface area contributed by atoms with E-state index in [-0.39, 0.29) is 16.5 Å². The summed E-state index contributed by atoms with van der Waals surface area (Å²) < 4.78 is 26.5. The summed E-state index contributed by atoms with van der Waals surface area (Å²) in [4.78, 5) is 24.8. The van der Waals surface area contributed by atoms with Crippen molar-refractivity contribution < 1.29 is 18.0 Å². The molecule has 2 aromatic carbocycles. The Morgan fingerprint density at radius 2 is 1.50 bits per heavy atom. The van der Waals surface area contributed by atoms with Crippen molar-refractivity contribution in [3.8, 4) is 0 Å². The van der Waals surface area contributed by atoms with Crippen LogP contribution in [0.15, 0.2) is 59.5 Å². The summed E-state index contributed by atoms with van der Waals surface area (Å²) in [6.07, 6.45) is 0. The Hall–Kier alpha value is -2.87. The Morgan fingerprint density at radius 1 is 0.917 bits per heavy atom. The smallest absolute Gasteiger partial charge is 0.321 e. The second-order valence-electron chi connectivity index (χ2n) is 5.15. The molecule has 0 fully saturated rings. The van der Waals surface area contributed by atoms with Gasteiger partial charge in [0.2, 0.25) is 0 Å². The first-order valence-electron chi connectivity index (χ1n) is 7.00. The standard InChI is InChI=1S/C16H17N3O4S/c1-19(2)16(21)17-13-8-10-14(11-9-13)24(22,23)18-15(20)12-6-4-3-5-7-12/h3-11H,1-2H3,(H,17,21)(H,18,20). The molecule has 2 N–H and O–H groups in total. The van der Waals surface area contributed by atoms with Crippen molar-refractivity contribution in [1.29, 1.82) is 0 Å². The molecule has 8 heteroatoms. The fraction of sp³-hybridized carbons (Fsp3) is 0.125. The number of hydrogen-bond acceptors (Lipinski definition) is 4. The van der Waals surface area contributed by atoms with Gasteiger partial charge in [-0.05, 0) is 36.4 Å². The lowest BCUT2D eigenvalue weighted by atomic mass is 10.2. The number of amides is 3. The highest BCUT2D eigenvalue weighted by molar-refractivity contribution is 7.90. The second kappa shape index (κ2) is 7.14. The highest BCUT2D eigenvalue weighted by Gasteiger charge is 2.18. The molecule has 0 spiro atoms. The Balaban J connectivity index is 2.12. The molecule has 0 radical (unpaired) electrons. The van der Waals surface area contributed by atoms with Gasteiger partial charge in [-0.2, -0.15) is 0 Å². The molecule has 0 saturated carbocycles. The number of carbonyl (C=O) groups excluding carboxylic acids is 2. The molecule has 3 amide bonds. The van der Waals surface area contributed by atoms with Gasteiger partial charge in [0.05, 0.1) is 4.90 Å². The molecule has 2 aromatic rings. The number of nitrogens with one attached hydrogen (secondary N) is 2. The van der Waals surface area contributed by atoms with Gasteiger partial charge in [-0.25, -0.2) is 17.9 Å². The van der Waals surface area contributed by atoms with Gasteiger partial charge in [0.15, 0.2) is 0 Å². The Morgan fingerprint density at radius 3 is 2.04 bits per heavy atom. The second-order valence-corrected chi connectivity index (χ2v) is 6.83. The SMILES string of the molecule is CN(C)C(=O)Nc1ccc(S(=O)(=O)NC(=O)c2ccccc2)cc1. The van der Waals surface area contributed by atoms with Crippen LogP contribution in [0.25, 0.3) is 0 Å². The molecule has 0 heterocycles. The summed E-state index contributed by atoms with van der Waals surface area (Å²) in [7, 11) is -0.811. The molecule has 0 aliphatic heterocycles. The highest BCUT2D eigenvalue weighted by Crippen LogP contribution is 2.15. The minimum atomic E-state index is -3.99. The maximum Gasteiger partial charge on any atom is 0.321 e. The van der Waals surface area contributed by atoms with Crippen LogP contribution in [0.3, 0.4) is 0 Å². The monoisotopic (exact) mass is 347 g/mol. The predicted octanol–water partition coefficient (Wildman–Crippen LogP) is 1.90. The summed E-state index contributed by atoms with van der Waals surface area (Å²) in [6.45, 7) is 0. The van der Waals surface area contributed by atoms with E-state index in [1.807, 2.05) is 4.72 Å². The molecule has 24 heavy (non-hydrogen) atoms. The number of hydrogen-bond donors (Lipinski definition) is 2. The van der Waals surface area contributed by atoms with Crippen LogP contribution in [0.2, 0.25) is 0 Å². The molecule has 7 nitrogen and oxygen atoms in total. The molecule has 0 aliphatic carbocycles. The van der Waals surface area contributed by atoms with E-state index < -0.39 is 15.9 Å². The summed E-state index contributed by atoms with van der Waals surface area (Å²) in [5.41, 5.74) is 0.693. The molecule has 2 rings (SSSR count). The molecule has 0 bridgehead atoms. The number of benzene rings is 2. The molecular weight excluding hydrogens is 330 g/mol. The summed E-state index contributed by atoms with van der Waals surface area (Å²) >= 11 is 0. The van der Waals surface area contributed by atoms with Gasteiger partial charge in [0.25, 0.3) is 15.9 Å². The number of carbonyl (C=O) groups is 2. The normalized spacial score (nSPS) is 10.8. The third kappa shape index (κ3) is 4.32. The van der Waals surface area contributed by atoms with E-state index in [4.69, 9.17) is 0 Å². The van der Waals surface area contributed by atoms with E-state index in [1.165, 1.54) is 41.3 Å². The van der Waals surface area contributed by atoms with Crippen molar-refractivity contribution in [3.63, 3.8) is 0 Å². The van der Waals surface area contributed by atoms with Crippen LogP contribution in [0.4, 0.5) is 10.5 Å². The highest BCUT2D eigenvalue weighted by atomic mass is 32.2. The maximum absolute atomic E-state index is 12.2. The lowest BCUT2D eigenvalue weighted by molar-refractivity contribution is 0.0981. The van der Waals surface area contributed by atoms with Crippen LogP contribution in [0, 0.1) is 0 Å². The van der Waals surface area contributed by atoms with Crippen LogP contribution in [0.5, 0.6) is 0 Å². The van der Waals surface area contributed by atoms with Crippen molar-refractivity contribution in [2.45, 2.75) is 4.90 Å². The van der Waals surface area contributed by atoms with Crippen LogP contribution < -0.4 is 10.0 Å². The summed E-state index contributed by atoms with van der Waals surface area (Å²) in [6, 6.07) is 13.2. The molecule has 0 aliphatic rings. The third-order valence-electron chi connectivity index (χ3n) is 3.09. The minimum absolute atomic E-state index is 0.0744. The first kappa shape index (κ1) is 17.5. The lowest BCUT2D eigenvalue weighted by Gasteiger charge is -2.12. The molecular formula is C16H17N3O4S. The van der Waals surface area contributed by atoms with E-state index in [0.29, 0.717) is 5.69 Å². The van der Waals surface area contributed by atoms with Gasteiger partial charge in [-0.3, -0.25) is 4.79 Å². The predicted molar refractivity (Wildman–Crippen MR) is 90.2 cm³/mol. The lowest BCUT2D eigenvalue weighted by Crippen LogP contribution is -2.30. The van der Waals surface area contributed by atoms with E-state index >= 15 is 0 Å². The van der Waals surface area contributed by atoms with Crippen LogP contribution in [0.1, 0.15) is 10.4 Å². The quantitative estimate of drug-likeness (QED) is 0.883. The number of sulfonamides is 1. The fourth-order valence-corrected chi connectivity index (χ4v) is 2.76. The van der Waals surface area contributed by atoms with Crippen molar-refractivity contribution in [2.75, 3.05) is 19.4 Å². The Labute approximate surface area is 140 Å². The van der Waals surface area contributed by atoms with Gasteiger partial charge in [-0.1, -0.05) is 18.2 Å². The zero-order valence-electron chi connectivity index (χ0n) is 13.2. The van der Waals surface area contributed by atoms with Gasteiger partial charge < -0.3 is 10.2 Å². The summed E-state index contributed by atoms with van der Waals surface area (Å²) in [5, 5.41) is 2.59. The van der Waals surface area contributed by atoms with Crippen LogP contribution in [-0.2, 0) is 10.0 Å². The number of rotatable bonds is 4. The van der Waals surface area contributed by atoms with Gasteiger partial charge in [-0.15, -0.1) is 0 Å². The topological polar surface area (TPSA) is 95.6 Å². The van der Waals surface area contributed by atoms with Crippen molar-refractivity contribution >= 4 is 27.6 Å². The molecule has 0 atom stereocenters. The average Bonchev–Trinajstić information content (AvgIpc) is 2.55. The zero-order valence-corrected chi connectivity index (χ0v) is 14.0. The van der Waals surface area contributed by atoms with Gasteiger partial charge in [0.1, 0.15) is 0 Å². The maximum atomic E-state index is 12.2. The van der Waals surface area contributed by atoms with Gasteiger partial charge >= 0.3 is 6.03 Å². The van der Waals surface area contributed by atoms with Crippen LogP contribution in [-0.4, -0.2) is 39.4 Å². The van der Waals surface area contributed by atoms with E-state index in [9.17, 15) is 18.0 Å². The first-order valence-corrected chi connectivity index (χ1v) is 8.48. The van der Waals surface area contributed by atoms with E-state index in [1.54, 1.807) is 32.3 Å². The third-order valence-corrected chi connectivity index (χ3v) is 4.43. The fourth-order valence-electron chi connectivity index (χ4n) is 1.78. The van der Waals surface area contributed by atoms with E-state index in [0.717, 1.165) is 0 Å². The van der Waals surface area contributed by atoms with E-state index in [2.05, 4.69) is 5.32 Å². The average molecular weight is 347 g/mol. The zero-order chi connectivity index (χ0) is 17.7. The molecule has 126 valence electrons. The summed E-state index contributed by atoms with van der Waals surface area (Å²) in [5.74, 6) is -0.708. The molecule has 0 unspecified atom stereocenters. The van der Waals surface area contributed by atoms with Crippen molar-refractivity contribution in [2.24, 2.45) is 0 Å². The molecule has 0 saturated heterocycles. The van der Waals surface area contributed by atoms with Crippen molar-refractivity contribution in [3.05, 3.63) is 60.2 Å². The Bertz CT molecular complexity index is 831. The number of nitrogens with zero attached hydrogens (tertiary/aromatic N) is 1. The first-order chi connectivity index (χ1) is 11.3. The minimum Gasteiger partial charge on any atom is -0.331 e. The van der Waals surface area contributed by atoms with Crippen LogP contribution >= 0.6 is 0 Å². The largest absolute Gasteiger partial charge is 0.331 e.